The molecule has 24 heavy (non-hydrogen) atoms. The molecule has 0 heterocycles. The van der Waals surface area contributed by atoms with Crippen molar-refractivity contribution < 1.29 is 14.6 Å². The van der Waals surface area contributed by atoms with Gasteiger partial charge in [-0.05, 0) is 48.7 Å². The molecular weight excluding hydrogens is 344 g/mol. The van der Waals surface area contributed by atoms with E-state index in [2.05, 4.69) is 0 Å². The van der Waals surface area contributed by atoms with E-state index in [9.17, 15) is 9.90 Å². The van der Waals surface area contributed by atoms with Crippen LogP contribution >= 0.6 is 23.4 Å². The molecule has 0 aliphatic carbocycles. The fraction of sp³-hybridized carbons (Fsp3) is 0.316. The van der Waals surface area contributed by atoms with Crippen molar-refractivity contribution in [2.45, 2.75) is 37.7 Å². The number of hydrogen-bond donors (Lipinski definition) is 1. The Bertz CT molecular complexity index is 703. The van der Waals surface area contributed by atoms with Gasteiger partial charge in [0.15, 0.2) is 6.10 Å². The van der Waals surface area contributed by atoms with Crippen LogP contribution in [0.4, 0.5) is 0 Å². The highest BCUT2D eigenvalue weighted by molar-refractivity contribution is 7.99. The number of carboxylic acids is 1. The third-order valence-electron chi connectivity index (χ3n) is 3.68. The van der Waals surface area contributed by atoms with E-state index in [1.54, 1.807) is 23.9 Å². The van der Waals surface area contributed by atoms with Gasteiger partial charge in [0.25, 0.3) is 0 Å². The minimum absolute atomic E-state index is 0.429. The zero-order valence-electron chi connectivity index (χ0n) is 13.8. The van der Waals surface area contributed by atoms with Gasteiger partial charge in [-0.15, -0.1) is 11.8 Å². The molecule has 3 nitrogen and oxygen atoms in total. The van der Waals surface area contributed by atoms with Crippen LogP contribution in [0.1, 0.15) is 24.5 Å². The standard InChI is InChI=1S/C19H21ClO3S/c1-3-14-12-15(8-9-16(14)20)23-17(19(21)22)10-11-24-18-7-5-4-6-13(18)2/h4-9,12,17H,3,10-11H2,1-2H3,(H,21,22). The topological polar surface area (TPSA) is 46.5 Å². The highest BCUT2D eigenvalue weighted by Gasteiger charge is 2.19. The average Bonchev–Trinajstić information content (AvgIpc) is 2.57. The predicted octanol–water partition coefficient (Wildman–Crippen LogP) is 5.23. The van der Waals surface area contributed by atoms with E-state index < -0.39 is 12.1 Å². The van der Waals surface area contributed by atoms with E-state index in [0.717, 1.165) is 12.0 Å². The molecule has 0 radical (unpaired) electrons. The predicted molar refractivity (Wildman–Crippen MR) is 99.4 cm³/mol. The molecular formula is C19H21ClO3S. The smallest absolute Gasteiger partial charge is 0.344 e. The van der Waals surface area contributed by atoms with Crippen LogP contribution in [-0.4, -0.2) is 22.9 Å². The van der Waals surface area contributed by atoms with Gasteiger partial charge in [-0.25, -0.2) is 4.79 Å². The van der Waals surface area contributed by atoms with Crippen LogP contribution in [0.25, 0.3) is 0 Å². The second kappa shape index (κ2) is 9.00. The summed E-state index contributed by atoms with van der Waals surface area (Å²) in [4.78, 5) is 12.6. The van der Waals surface area contributed by atoms with Gasteiger partial charge in [-0.2, -0.15) is 0 Å². The zero-order valence-corrected chi connectivity index (χ0v) is 15.4. The number of carbonyl (C=O) groups is 1. The molecule has 0 aliphatic rings. The number of rotatable bonds is 8. The number of aryl methyl sites for hydroxylation is 2. The van der Waals surface area contributed by atoms with Crippen molar-refractivity contribution >= 4 is 29.3 Å². The van der Waals surface area contributed by atoms with E-state index in [1.807, 2.05) is 44.2 Å². The van der Waals surface area contributed by atoms with Gasteiger partial charge in [0.2, 0.25) is 0 Å². The molecule has 0 bridgehead atoms. The molecule has 2 rings (SSSR count). The average molecular weight is 365 g/mol. The van der Waals surface area contributed by atoms with Crippen LogP contribution in [0, 0.1) is 6.92 Å². The lowest BCUT2D eigenvalue weighted by atomic mass is 10.1. The van der Waals surface area contributed by atoms with Crippen LogP contribution in [-0.2, 0) is 11.2 Å². The second-order valence-corrected chi connectivity index (χ2v) is 7.00. The highest BCUT2D eigenvalue weighted by atomic mass is 35.5. The molecule has 0 aromatic heterocycles. The molecule has 2 aromatic rings. The van der Waals surface area contributed by atoms with Gasteiger partial charge in [0.1, 0.15) is 5.75 Å². The summed E-state index contributed by atoms with van der Waals surface area (Å²) in [5.74, 6) is 0.272. The van der Waals surface area contributed by atoms with E-state index in [4.69, 9.17) is 16.3 Å². The Morgan fingerprint density at radius 3 is 2.71 bits per heavy atom. The van der Waals surface area contributed by atoms with E-state index >= 15 is 0 Å². The van der Waals surface area contributed by atoms with Gasteiger partial charge in [0.05, 0.1) is 0 Å². The Morgan fingerprint density at radius 2 is 2.04 bits per heavy atom. The molecule has 1 N–H and O–H groups in total. The molecule has 128 valence electrons. The number of hydrogen-bond acceptors (Lipinski definition) is 3. The second-order valence-electron chi connectivity index (χ2n) is 5.45. The Hall–Kier alpha value is -1.65. The molecule has 0 saturated heterocycles. The van der Waals surface area contributed by atoms with Crippen LogP contribution in [0.15, 0.2) is 47.4 Å². The number of carboxylic acid groups (broad SMARTS) is 1. The Balaban J connectivity index is 1.97. The summed E-state index contributed by atoms with van der Waals surface area (Å²) in [5, 5.41) is 10.1. The maximum atomic E-state index is 11.5. The number of thioether (sulfide) groups is 1. The molecule has 0 spiro atoms. The van der Waals surface area contributed by atoms with E-state index in [1.165, 1.54) is 10.5 Å². The molecule has 1 unspecified atom stereocenters. The molecule has 0 aliphatic heterocycles. The van der Waals surface area contributed by atoms with Crippen LogP contribution < -0.4 is 4.74 Å². The van der Waals surface area contributed by atoms with Gasteiger partial charge < -0.3 is 9.84 Å². The number of ether oxygens (including phenoxy) is 1. The van der Waals surface area contributed by atoms with Crippen molar-refractivity contribution in [3.8, 4) is 5.75 Å². The largest absolute Gasteiger partial charge is 0.479 e. The van der Waals surface area contributed by atoms with Crippen molar-refractivity contribution in [3.63, 3.8) is 0 Å². The van der Waals surface area contributed by atoms with Crippen molar-refractivity contribution in [3.05, 3.63) is 58.6 Å². The Labute approximate surface area is 152 Å². The summed E-state index contributed by atoms with van der Waals surface area (Å²) in [6.45, 7) is 4.05. The SMILES string of the molecule is CCc1cc(OC(CCSc2ccccc2C)C(=O)O)ccc1Cl. The zero-order chi connectivity index (χ0) is 17.5. The van der Waals surface area contributed by atoms with Gasteiger partial charge in [-0.1, -0.05) is 36.7 Å². The van der Waals surface area contributed by atoms with Gasteiger partial charge in [-0.3, -0.25) is 0 Å². The maximum absolute atomic E-state index is 11.5. The quantitative estimate of drug-likeness (QED) is 0.652. The summed E-state index contributed by atoms with van der Waals surface area (Å²) < 4.78 is 5.67. The summed E-state index contributed by atoms with van der Waals surface area (Å²) in [6, 6.07) is 13.3. The number of halogens is 1. The van der Waals surface area contributed by atoms with Crippen molar-refractivity contribution in [2.75, 3.05) is 5.75 Å². The normalized spacial score (nSPS) is 12.0. The molecule has 0 amide bonds. The summed E-state index contributed by atoms with van der Waals surface area (Å²) in [7, 11) is 0. The molecule has 0 saturated carbocycles. The fourth-order valence-electron chi connectivity index (χ4n) is 2.29. The molecule has 5 heteroatoms. The van der Waals surface area contributed by atoms with Crippen molar-refractivity contribution in [1.82, 2.24) is 0 Å². The van der Waals surface area contributed by atoms with Crippen LogP contribution in [0.2, 0.25) is 5.02 Å². The third-order valence-corrected chi connectivity index (χ3v) is 5.26. The van der Waals surface area contributed by atoms with Crippen molar-refractivity contribution in [2.24, 2.45) is 0 Å². The first-order valence-corrected chi connectivity index (χ1v) is 9.24. The Kier molecular flexibility index (Phi) is 7.00. The van der Waals surface area contributed by atoms with Crippen molar-refractivity contribution in [1.29, 1.82) is 0 Å². The fourth-order valence-corrected chi connectivity index (χ4v) is 3.56. The lowest BCUT2D eigenvalue weighted by Gasteiger charge is -2.16. The number of aliphatic carboxylic acids is 1. The van der Waals surface area contributed by atoms with Crippen LogP contribution in [0.5, 0.6) is 5.75 Å². The van der Waals surface area contributed by atoms with Crippen LogP contribution in [0.3, 0.4) is 0 Å². The first-order valence-electron chi connectivity index (χ1n) is 7.87. The monoisotopic (exact) mass is 364 g/mol. The summed E-state index contributed by atoms with van der Waals surface area (Å²) in [5.41, 5.74) is 2.15. The third kappa shape index (κ3) is 5.18. The van der Waals surface area contributed by atoms with Gasteiger partial charge in [0, 0.05) is 22.1 Å². The molecule has 0 fully saturated rings. The maximum Gasteiger partial charge on any atom is 0.344 e. The van der Waals surface area contributed by atoms with E-state index in [0.29, 0.717) is 22.9 Å². The highest BCUT2D eigenvalue weighted by Crippen LogP contribution is 2.26. The lowest BCUT2D eigenvalue weighted by molar-refractivity contribution is -0.145. The Morgan fingerprint density at radius 1 is 1.29 bits per heavy atom. The van der Waals surface area contributed by atoms with E-state index in [-0.39, 0.29) is 0 Å². The van der Waals surface area contributed by atoms with Gasteiger partial charge >= 0.3 is 5.97 Å². The molecule has 2 aromatic carbocycles. The minimum Gasteiger partial charge on any atom is -0.479 e. The lowest BCUT2D eigenvalue weighted by Crippen LogP contribution is -2.27. The first-order chi connectivity index (χ1) is 11.5. The number of benzene rings is 2. The first kappa shape index (κ1) is 18.7. The molecule has 1 atom stereocenters. The summed E-state index contributed by atoms with van der Waals surface area (Å²) in [6.07, 6.45) is 0.336. The minimum atomic E-state index is -0.951. The summed E-state index contributed by atoms with van der Waals surface area (Å²) >= 11 is 7.74.